The molecule has 16 aromatic rings. The van der Waals surface area contributed by atoms with E-state index in [1.165, 1.54) is 0 Å². The van der Waals surface area contributed by atoms with Gasteiger partial charge in [-0.25, -0.2) is 0 Å². The average Bonchev–Trinajstić information content (AvgIpc) is 0.757. The van der Waals surface area contributed by atoms with Crippen LogP contribution in [0.25, 0.3) is 164 Å². The Morgan fingerprint density at radius 3 is 0.481 bits per heavy atom. The molecule has 0 aliphatic rings. The first-order valence-electron chi connectivity index (χ1n) is 36.7. The van der Waals surface area contributed by atoms with Gasteiger partial charge in [-0.3, -0.25) is 0 Å². The molecular weight excluding hydrogens is 1280 g/mol. The Balaban J connectivity index is 0.762. The number of benzene rings is 16. The maximum atomic E-state index is 6.60. The van der Waals surface area contributed by atoms with Crippen LogP contribution in [0.4, 0.5) is 0 Å². The minimum atomic E-state index is 0.502. The quantitative estimate of drug-likeness (QED) is 0.0627. The lowest BCUT2D eigenvalue weighted by molar-refractivity contribution is 0.337. The Labute approximate surface area is 607 Å². The summed E-state index contributed by atoms with van der Waals surface area (Å²) in [5.74, 6) is 6.54. The Morgan fingerprint density at radius 1 is 0.154 bits per heavy atom. The second kappa shape index (κ2) is 28.8. The van der Waals surface area contributed by atoms with Crippen molar-refractivity contribution in [3.63, 3.8) is 0 Å². The van der Waals surface area contributed by atoms with E-state index in [0.29, 0.717) is 52.9 Å². The minimum absolute atomic E-state index is 0.502. The van der Waals surface area contributed by atoms with E-state index < -0.39 is 0 Å². The van der Waals surface area contributed by atoms with Crippen LogP contribution in [0.5, 0.6) is 46.0 Å². The molecule has 8 nitrogen and oxygen atoms in total. The highest BCUT2D eigenvalue weighted by atomic mass is 16.5. The third-order valence-electron chi connectivity index (χ3n) is 20.1. The zero-order valence-corrected chi connectivity index (χ0v) is 60.2. The molecule has 0 aliphatic heterocycles. The lowest BCUT2D eigenvalue weighted by atomic mass is 9.88. The van der Waals surface area contributed by atoms with Crippen molar-refractivity contribution in [2.24, 2.45) is 0 Å². The normalized spacial score (nSPS) is 11.6. The van der Waals surface area contributed by atoms with Gasteiger partial charge in [-0.05, 0) is 260 Å². The number of rotatable bonds is 23. The van der Waals surface area contributed by atoms with E-state index in [4.69, 9.17) is 37.9 Å². The van der Waals surface area contributed by atoms with Gasteiger partial charge in [-0.2, -0.15) is 0 Å². The van der Waals surface area contributed by atoms with E-state index in [1.54, 1.807) is 0 Å². The van der Waals surface area contributed by atoms with Crippen molar-refractivity contribution in [1.82, 2.24) is 0 Å². The SMILES string of the molecule is CCOc1ccc2ccccc2c1-c1c(OCC)ccc2cc(-c3ccc4c(-c5c(OCC)ccc6cc(-c7ccc8c(-c9c(OCC)ccc%10cc(-c%11ccc%12c(-c%13c(OCC)ccc%14ccccc%13%14)c(OCC)ccc%12c%11)ccc9%10)c(OCC)ccc8c7)ccc56)c(OCC)ccc4c3)ccc12. The molecule has 514 valence electrons. The van der Waals surface area contributed by atoms with Crippen LogP contribution in [0.2, 0.25) is 0 Å². The summed E-state index contributed by atoms with van der Waals surface area (Å²) in [4.78, 5) is 0. The van der Waals surface area contributed by atoms with Gasteiger partial charge >= 0.3 is 0 Å². The van der Waals surface area contributed by atoms with E-state index in [0.717, 1.165) is 210 Å². The Morgan fingerprint density at radius 2 is 0.308 bits per heavy atom. The molecule has 0 aromatic heterocycles. The average molecular weight is 1360 g/mol. The van der Waals surface area contributed by atoms with E-state index in [1.807, 2.05) is 55.4 Å². The first kappa shape index (κ1) is 66.5. The van der Waals surface area contributed by atoms with Crippen molar-refractivity contribution in [2.45, 2.75) is 55.4 Å². The molecular formula is C96H82O8. The van der Waals surface area contributed by atoms with Crippen molar-refractivity contribution >= 4 is 86.2 Å². The maximum Gasteiger partial charge on any atom is 0.127 e. The predicted octanol–water partition coefficient (Wildman–Crippen LogP) is 25.8. The van der Waals surface area contributed by atoms with Crippen LogP contribution in [-0.4, -0.2) is 52.9 Å². The summed E-state index contributed by atoms with van der Waals surface area (Å²) in [7, 11) is 0. The summed E-state index contributed by atoms with van der Waals surface area (Å²) in [6, 6.07) is 92.0. The fourth-order valence-corrected chi connectivity index (χ4v) is 15.7. The maximum absolute atomic E-state index is 6.60. The molecule has 0 aliphatic carbocycles. The fraction of sp³-hybridized carbons (Fsp3) is 0.167. The highest BCUT2D eigenvalue weighted by molar-refractivity contribution is 6.16. The molecule has 8 heteroatoms. The highest BCUT2D eigenvalue weighted by Gasteiger charge is 2.26. The summed E-state index contributed by atoms with van der Waals surface area (Å²) < 4.78 is 51.9. The largest absolute Gasteiger partial charge is 0.493 e. The van der Waals surface area contributed by atoms with Gasteiger partial charge in [0.1, 0.15) is 46.0 Å². The van der Waals surface area contributed by atoms with Crippen LogP contribution in [0, 0.1) is 0 Å². The van der Waals surface area contributed by atoms with Gasteiger partial charge in [0, 0.05) is 44.5 Å². The molecule has 0 N–H and O–H groups in total. The van der Waals surface area contributed by atoms with Gasteiger partial charge in [0.2, 0.25) is 0 Å². The molecule has 0 saturated heterocycles. The van der Waals surface area contributed by atoms with Gasteiger partial charge in [-0.1, -0.05) is 170 Å². The lowest BCUT2D eigenvalue weighted by Gasteiger charge is -2.21. The zero-order chi connectivity index (χ0) is 71.0. The first-order valence-corrected chi connectivity index (χ1v) is 36.7. The van der Waals surface area contributed by atoms with Gasteiger partial charge in [0.05, 0.1) is 52.9 Å². The Kier molecular flexibility index (Phi) is 18.4. The van der Waals surface area contributed by atoms with E-state index in [9.17, 15) is 0 Å². The monoisotopic (exact) mass is 1360 g/mol. The summed E-state index contributed by atoms with van der Waals surface area (Å²) in [6.07, 6.45) is 0. The molecule has 16 rings (SSSR count). The Hall–Kier alpha value is -12.0. The zero-order valence-electron chi connectivity index (χ0n) is 60.2. The molecule has 0 spiro atoms. The van der Waals surface area contributed by atoms with Crippen molar-refractivity contribution in [1.29, 1.82) is 0 Å². The topological polar surface area (TPSA) is 73.8 Å². The molecule has 0 saturated carbocycles. The van der Waals surface area contributed by atoms with Crippen LogP contribution in [0.15, 0.2) is 255 Å². The summed E-state index contributed by atoms with van der Waals surface area (Å²) >= 11 is 0. The summed E-state index contributed by atoms with van der Waals surface area (Å²) in [5.41, 5.74) is 14.8. The van der Waals surface area contributed by atoms with Crippen molar-refractivity contribution in [3.8, 4) is 124 Å². The molecule has 0 atom stereocenters. The highest BCUT2D eigenvalue weighted by Crippen LogP contribution is 2.52. The van der Waals surface area contributed by atoms with E-state index >= 15 is 0 Å². The number of fused-ring (bicyclic) bond motifs is 8. The van der Waals surface area contributed by atoms with Gasteiger partial charge in [-0.15, -0.1) is 0 Å². The van der Waals surface area contributed by atoms with Crippen LogP contribution >= 0.6 is 0 Å². The molecule has 0 amide bonds. The van der Waals surface area contributed by atoms with Gasteiger partial charge in [0.25, 0.3) is 0 Å². The van der Waals surface area contributed by atoms with Crippen molar-refractivity contribution in [2.75, 3.05) is 52.9 Å². The van der Waals surface area contributed by atoms with Crippen molar-refractivity contribution < 1.29 is 37.9 Å². The van der Waals surface area contributed by atoms with Crippen LogP contribution < -0.4 is 37.9 Å². The molecule has 0 heterocycles. The summed E-state index contributed by atoms with van der Waals surface area (Å²) in [5, 5.41) is 17.6. The van der Waals surface area contributed by atoms with Crippen LogP contribution in [0.3, 0.4) is 0 Å². The van der Waals surface area contributed by atoms with Gasteiger partial charge < -0.3 is 37.9 Å². The predicted molar refractivity (Wildman–Crippen MR) is 434 cm³/mol. The standard InChI is InChI=1S/C96H82O8/c1-9-97-81-45-31-59-21-17-19-23-73(59)89(81)91-75-39-25-61(53-67(75)33-47-83(91)99-11-3)63-27-41-77-69(55-63)35-49-85(101-13-5)93(77)95-79-43-29-65(57-71(79)37-51-87(95)103-15-7)66-30-44-80-72(58-66)38-52-88(104-16-8)96(80)94-78-42-28-64(56-70(78)36-50-86(94)102-14-6)62-26-40-76-68(54-62)34-48-84(100-12-4)92(76)90-74-24-20-18-22-60(74)32-46-82(90)98-10-2/h17-58H,9-16H2,1-8H3. The number of hydrogen-bond donors (Lipinski definition) is 0. The summed E-state index contributed by atoms with van der Waals surface area (Å²) in [6.45, 7) is 20.5. The molecule has 0 radical (unpaired) electrons. The number of hydrogen-bond acceptors (Lipinski definition) is 8. The van der Waals surface area contributed by atoms with Gasteiger partial charge in [0.15, 0.2) is 0 Å². The molecule has 0 unspecified atom stereocenters. The van der Waals surface area contributed by atoms with Crippen LogP contribution in [-0.2, 0) is 0 Å². The Bertz CT molecular complexity index is 5640. The molecule has 104 heavy (non-hydrogen) atoms. The third kappa shape index (κ3) is 12.0. The smallest absolute Gasteiger partial charge is 0.127 e. The third-order valence-corrected chi connectivity index (χ3v) is 20.1. The minimum Gasteiger partial charge on any atom is -0.493 e. The van der Waals surface area contributed by atoms with Crippen LogP contribution in [0.1, 0.15) is 55.4 Å². The van der Waals surface area contributed by atoms with Crippen molar-refractivity contribution in [3.05, 3.63) is 255 Å². The second-order valence-electron chi connectivity index (χ2n) is 26.0. The molecule has 0 fully saturated rings. The second-order valence-corrected chi connectivity index (χ2v) is 26.0. The number of ether oxygens (including phenoxy) is 8. The fourth-order valence-electron chi connectivity index (χ4n) is 15.7. The van der Waals surface area contributed by atoms with E-state index in [2.05, 4.69) is 255 Å². The molecule has 0 bridgehead atoms. The van der Waals surface area contributed by atoms with E-state index in [-0.39, 0.29) is 0 Å². The lowest BCUT2D eigenvalue weighted by Crippen LogP contribution is -2.00. The molecule has 16 aromatic carbocycles. The first-order chi connectivity index (χ1) is 51.2.